The number of halogens is 3. The van der Waals surface area contributed by atoms with Crippen molar-refractivity contribution in [3.63, 3.8) is 0 Å². The van der Waals surface area contributed by atoms with Crippen LogP contribution in [0, 0.1) is 6.92 Å². The number of rotatable bonds is 2. The van der Waals surface area contributed by atoms with Gasteiger partial charge in [0.25, 0.3) is 0 Å². The van der Waals surface area contributed by atoms with Gasteiger partial charge in [0.15, 0.2) is 0 Å². The van der Waals surface area contributed by atoms with Crippen LogP contribution >= 0.6 is 0 Å². The molecule has 0 bridgehead atoms. The third-order valence-electron chi connectivity index (χ3n) is 3.81. The largest absolute Gasteiger partial charge is 0.416 e. The van der Waals surface area contributed by atoms with E-state index >= 15 is 0 Å². The number of piperidine rings is 1. The van der Waals surface area contributed by atoms with Gasteiger partial charge in [-0.15, -0.1) is 0 Å². The molecule has 21 heavy (non-hydrogen) atoms. The van der Waals surface area contributed by atoms with Gasteiger partial charge < -0.3 is 5.32 Å². The van der Waals surface area contributed by atoms with Gasteiger partial charge in [0.1, 0.15) is 0 Å². The summed E-state index contributed by atoms with van der Waals surface area (Å²) < 4.78 is 60.4. The van der Waals surface area contributed by atoms with Crippen molar-refractivity contribution in [1.29, 1.82) is 0 Å². The van der Waals surface area contributed by atoms with Crippen LogP contribution in [0.4, 0.5) is 13.2 Å². The highest BCUT2D eigenvalue weighted by Crippen LogP contribution is 2.33. The molecule has 0 spiro atoms. The Kier molecular flexibility index (Phi) is 4.32. The Labute approximate surface area is 121 Å². The zero-order valence-electron chi connectivity index (χ0n) is 11.4. The standard InChI is InChI=1S/C13H17F3N2O2S/c1-8-6-9(13(14,15)16)2-4-11(8)12-5-3-10(7-18-12)21(17,19)20/h2,4,6,10,12,18H,3,5,7H2,1H3,(H2,17,19,20). The number of hydrogen-bond donors (Lipinski definition) is 2. The Bertz CT molecular complexity index is 621. The van der Waals surface area contributed by atoms with Gasteiger partial charge in [0, 0.05) is 12.6 Å². The lowest BCUT2D eigenvalue weighted by Crippen LogP contribution is -2.43. The number of benzene rings is 1. The molecular formula is C13H17F3N2O2S. The minimum Gasteiger partial charge on any atom is -0.309 e. The molecule has 0 aliphatic carbocycles. The molecule has 4 nitrogen and oxygen atoms in total. The fourth-order valence-corrected chi connectivity index (χ4v) is 3.41. The SMILES string of the molecule is Cc1cc(C(F)(F)F)ccc1C1CCC(S(N)(=O)=O)CN1. The maximum atomic E-state index is 12.6. The van der Waals surface area contributed by atoms with E-state index in [1.807, 2.05) is 0 Å². The van der Waals surface area contributed by atoms with Crippen LogP contribution in [0.1, 0.15) is 35.6 Å². The molecule has 3 N–H and O–H groups in total. The highest BCUT2D eigenvalue weighted by Gasteiger charge is 2.32. The molecular weight excluding hydrogens is 305 g/mol. The summed E-state index contributed by atoms with van der Waals surface area (Å²) in [5.41, 5.74) is 0.620. The lowest BCUT2D eigenvalue weighted by molar-refractivity contribution is -0.137. The first-order valence-corrected chi connectivity index (χ1v) is 8.12. The number of aryl methyl sites for hydroxylation is 1. The van der Waals surface area contributed by atoms with Crippen LogP contribution in [0.15, 0.2) is 18.2 Å². The van der Waals surface area contributed by atoms with Gasteiger partial charge in [-0.05, 0) is 43.0 Å². The van der Waals surface area contributed by atoms with Gasteiger partial charge in [-0.25, -0.2) is 13.6 Å². The fraction of sp³-hybridized carbons (Fsp3) is 0.538. The Morgan fingerprint density at radius 3 is 2.38 bits per heavy atom. The molecule has 0 aromatic heterocycles. The van der Waals surface area contributed by atoms with Crippen LogP contribution < -0.4 is 10.5 Å². The normalized spacial score (nSPS) is 24.0. The molecule has 0 saturated carbocycles. The highest BCUT2D eigenvalue weighted by atomic mass is 32.2. The van der Waals surface area contributed by atoms with Crippen LogP contribution in [0.25, 0.3) is 0 Å². The minimum atomic E-state index is -4.36. The van der Waals surface area contributed by atoms with Crippen molar-refractivity contribution in [1.82, 2.24) is 5.32 Å². The van der Waals surface area contributed by atoms with Crippen molar-refractivity contribution in [3.05, 3.63) is 34.9 Å². The van der Waals surface area contributed by atoms with Crippen LogP contribution in [-0.4, -0.2) is 20.2 Å². The number of nitrogens with one attached hydrogen (secondary N) is 1. The van der Waals surface area contributed by atoms with E-state index < -0.39 is 27.0 Å². The molecule has 2 unspecified atom stereocenters. The number of nitrogens with two attached hydrogens (primary N) is 1. The van der Waals surface area contributed by atoms with Gasteiger partial charge in [-0.2, -0.15) is 13.2 Å². The average molecular weight is 322 g/mol. The van der Waals surface area contributed by atoms with Crippen molar-refractivity contribution in [2.75, 3.05) is 6.54 Å². The molecule has 1 aliphatic heterocycles. The molecule has 1 heterocycles. The number of hydrogen-bond acceptors (Lipinski definition) is 3. The van der Waals surface area contributed by atoms with Crippen LogP contribution in [0.2, 0.25) is 0 Å². The molecule has 1 fully saturated rings. The van der Waals surface area contributed by atoms with E-state index in [9.17, 15) is 21.6 Å². The molecule has 1 aliphatic rings. The lowest BCUT2D eigenvalue weighted by Gasteiger charge is -2.30. The molecule has 0 amide bonds. The quantitative estimate of drug-likeness (QED) is 0.876. The second kappa shape index (κ2) is 5.58. The number of primary sulfonamides is 1. The Balaban J connectivity index is 2.14. The predicted octanol–water partition coefficient (Wildman–Crippen LogP) is 2.10. The van der Waals surface area contributed by atoms with Crippen molar-refractivity contribution in [2.45, 2.75) is 37.2 Å². The first-order chi connectivity index (χ1) is 9.59. The van der Waals surface area contributed by atoms with Crippen LogP contribution in [0.5, 0.6) is 0 Å². The summed E-state index contributed by atoms with van der Waals surface area (Å²) in [6.45, 7) is 1.84. The predicted molar refractivity (Wildman–Crippen MR) is 73.1 cm³/mol. The summed E-state index contributed by atoms with van der Waals surface area (Å²) in [6.07, 6.45) is -3.44. The molecule has 118 valence electrons. The topological polar surface area (TPSA) is 72.2 Å². The molecule has 0 radical (unpaired) electrons. The van der Waals surface area contributed by atoms with Crippen molar-refractivity contribution < 1.29 is 21.6 Å². The van der Waals surface area contributed by atoms with Crippen LogP contribution in [0.3, 0.4) is 0 Å². The van der Waals surface area contributed by atoms with Gasteiger partial charge in [0.2, 0.25) is 10.0 Å². The molecule has 1 aromatic rings. The third-order valence-corrected chi connectivity index (χ3v) is 5.14. The minimum absolute atomic E-state index is 0.148. The van der Waals surface area contributed by atoms with E-state index in [2.05, 4.69) is 5.32 Å². The van der Waals surface area contributed by atoms with Gasteiger partial charge >= 0.3 is 6.18 Å². The summed E-state index contributed by atoms with van der Waals surface area (Å²) in [7, 11) is -3.58. The smallest absolute Gasteiger partial charge is 0.309 e. The van der Waals surface area contributed by atoms with Crippen molar-refractivity contribution >= 4 is 10.0 Å². The van der Waals surface area contributed by atoms with E-state index in [4.69, 9.17) is 5.14 Å². The highest BCUT2D eigenvalue weighted by molar-refractivity contribution is 7.89. The van der Waals surface area contributed by atoms with E-state index in [1.165, 1.54) is 6.07 Å². The van der Waals surface area contributed by atoms with Crippen molar-refractivity contribution in [2.24, 2.45) is 5.14 Å². The Morgan fingerprint density at radius 1 is 1.29 bits per heavy atom. The lowest BCUT2D eigenvalue weighted by atomic mass is 9.93. The summed E-state index contributed by atoms with van der Waals surface area (Å²) in [6, 6.07) is 3.47. The molecule has 1 aromatic carbocycles. The number of alkyl halides is 3. The average Bonchev–Trinajstić information content (AvgIpc) is 2.36. The zero-order chi connectivity index (χ0) is 15.8. The second-order valence-electron chi connectivity index (χ2n) is 5.32. The maximum Gasteiger partial charge on any atom is 0.416 e. The summed E-state index contributed by atoms with van der Waals surface area (Å²) in [5.74, 6) is 0. The Hall–Kier alpha value is -1.12. The monoisotopic (exact) mass is 322 g/mol. The van der Waals surface area contributed by atoms with Gasteiger partial charge in [-0.1, -0.05) is 6.07 Å². The van der Waals surface area contributed by atoms with E-state index in [0.717, 1.165) is 17.7 Å². The first-order valence-electron chi connectivity index (χ1n) is 6.52. The van der Waals surface area contributed by atoms with Crippen molar-refractivity contribution in [3.8, 4) is 0 Å². The molecule has 1 saturated heterocycles. The summed E-state index contributed by atoms with van der Waals surface area (Å²) in [4.78, 5) is 0. The number of sulfonamides is 1. The molecule has 8 heteroatoms. The molecule has 2 rings (SSSR count). The van der Waals surface area contributed by atoms with Crippen LogP contribution in [-0.2, 0) is 16.2 Å². The second-order valence-corrected chi connectivity index (χ2v) is 7.16. The zero-order valence-corrected chi connectivity index (χ0v) is 12.3. The van der Waals surface area contributed by atoms with E-state index in [0.29, 0.717) is 18.4 Å². The maximum absolute atomic E-state index is 12.6. The third kappa shape index (κ3) is 3.75. The summed E-state index contributed by atoms with van der Waals surface area (Å²) >= 11 is 0. The fourth-order valence-electron chi connectivity index (χ4n) is 2.62. The van der Waals surface area contributed by atoms with E-state index in [-0.39, 0.29) is 12.6 Å². The van der Waals surface area contributed by atoms with E-state index in [1.54, 1.807) is 6.92 Å². The first kappa shape index (κ1) is 16.3. The molecule has 2 atom stereocenters. The Morgan fingerprint density at radius 2 is 1.95 bits per heavy atom. The van der Waals surface area contributed by atoms with Gasteiger partial charge in [-0.3, -0.25) is 0 Å². The summed E-state index contributed by atoms with van der Waals surface area (Å²) in [5, 5.41) is 7.51. The van der Waals surface area contributed by atoms with Gasteiger partial charge in [0.05, 0.1) is 10.8 Å².